The minimum Gasteiger partial charge on any atom is -0.665 e. The normalized spacial score (nSPS) is 10.1. The van der Waals surface area contributed by atoms with Gasteiger partial charge in [0, 0.05) is 96.0 Å². The molecule has 0 aromatic heterocycles. The van der Waals surface area contributed by atoms with E-state index in [1.165, 1.54) is 85.7 Å². The second-order valence-corrected chi connectivity index (χ2v) is 18.2. The van der Waals surface area contributed by atoms with Gasteiger partial charge >= 0.3 is 0 Å². The molecule has 89 heavy (non-hydrogen) atoms. The topological polar surface area (TPSA) is 223 Å². The number of carbonyl (C=O) groups is 4. The van der Waals surface area contributed by atoms with Gasteiger partial charge in [0.05, 0.1) is 42.3 Å². The monoisotopic (exact) mass is 1290 g/mol. The van der Waals surface area contributed by atoms with Gasteiger partial charge in [-0.15, -0.1) is 0 Å². The van der Waals surface area contributed by atoms with Crippen LogP contribution in [0.5, 0.6) is 34.5 Å². The van der Waals surface area contributed by atoms with Gasteiger partial charge in [-0.2, -0.15) is 7.11 Å². The fourth-order valence-electron chi connectivity index (χ4n) is 7.73. The van der Waals surface area contributed by atoms with E-state index in [0.717, 1.165) is 0 Å². The van der Waals surface area contributed by atoms with Gasteiger partial charge in [0.2, 0.25) is 0 Å². The molecule has 0 fully saturated rings. The summed E-state index contributed by atoms with van der Waals surface area (Å²) in [6.07, 6.45) is -0.752. The van der Waals surface area contributed by atoms with E-state index < -0.39 is 6.10 Å². The Morgan fingerprint density at radius 2 is 0.820 bits per heavy atom. The van der Waals surface area contributed by atoms with Crippen LogP contribution in [0.25, 0.3) is 10.8 Å². The predicted octanol–water partition coefficient (Wildman–Crippen LogP) is 13.3. The molecule has 16 nitrogen and oxygen atoms in total. The van der Waals surface area contributed by atoms with Crippen LogP contribution >= 0.6 is 0 Å². The Hall–Kier alpha value is -8.42. The SMILES string of the molecule is CC.COCC(=O)COc1ccc(C(=O)c2ccccc2)c(O)c1.COCC(O)COc1ccc(C(=O)c2ccccc2)c(O)c1.COCc1cccc2ccccc12.COCc1ccccc1.[CH2-]OC.[CH2-]Oc1ccc(C(=O)c2ccccc2)c(O)c1.[Y]. The van der Waals surface area contributed by atoms with Gasteiger partial charge < -0.3 is 58.3 Å². The third kappa shape index (κ3) is 27.7. The molecule has 1 atom stereocenters. The van der Waals surface area contributed by atoms with Crippen molar-refractivity contribution < 1.29 is 110 Å². The number of phenols is 3. The summed E-state index contributed by atoms with van der Waals surface area (Å²) in [5.74, 6) is -0.344. The van der Waals surface area contributed by atoms with E-state index in [-0.39, 0.29) is 116 Å². The van der Waals surface area contributed by atoms with Crippen molar-refractivity contribution in [3.8, 4) is 34.5 Å². The van der Waals surface area contributed by atoms with Crippen LogP contribution in [0.2, 0.25) is 0 Å². The van der Waals surface area contributed by atoms with E-state index >= 15 is 0 Å². The van der Waals surface area contributed by atoms with E-state index in [1.807, 2.05) is 62.4 Å². The van der Waals surface area contributed by atoms with Gasteiger partial charge in [-0.05, 0) is 65.4 Å². The molecule has 9 aromatic carbocycles. The summed E-state index contributed by atoms with van der Waals surface area (Å²) in [5.41, 5.74) is 4.63. The number of ketones is 4. The number of ether oxygens (including phenoxy) is 8. The standard InChI is InChI=1S/C17H18O5.C17H16O5.C14H11O3.C12H12O.C8H10O.C2H5O.C2H6.Y/c2*1-21-10-13(18)11-22-14-7-8-15(16(19)9-14)17(20)12-5-3-2-4-6-12;1-17-11-7-8-12(13(15)9-11)14(16)10-5-3-2-4-6-10;1-13-9-11-7-4-6-10-5-2-3-8-12(10)11;1-9-7-8-5-3-2-4-6-8;1-3-2;1-2;/h2-9,13,18-19H,10-11H2,1H3;2-9,19H,10-11H2,1H3;2-9,15H,1H2;2-8H,9H2,1H3;2-6H,7H2,1H3;1H2,2H3;1-2H3;/q;;-1;;;-1;;. The zero-order valence-electron chi connectivity index (χ0n) is 51.3. The molecular weight excluding hydrogens is 1210 g/mol. The third-order valence-electron chi connectivity index (χ3n) is 11.8. The van der Waals surface area contributed by atoms with Crippen molar-refractivity contribution in [2.24, 2.45) is 0 Å². The second kappa shape index (κ2) is 44.9. The number of fused-ring (bicyclic) bond motifs is 1. The zero-order chi connectivity index (χ0) is 64.5. The van der Waals surface area contributed by atoms with Crippen molar-refractivity contribution in [3.63, 3.8) is 0 Å². The smallest absolute Gasteiger partial charge is 0.196 e. The summed E-state index contributed by atoms with van der Waals surface area (Å²) in [5, 5.41) is 41.8. The number of aromatic hydroxyl groups is 3. The summed E-state index contributed by atoms with van der Waals surface area (Å²) in [7, 11) is 14.1. The molecule has 9 aromatic rings. The summed E-state index contributed by atoms with van der Waals surface area (Å²) >= 11 is 0. The van der Waals surface area contributed by atoms with Crippen LogP contribution in [-0.2, 0) is 74.4 Å². The number of phenolic OH excluding ortho intramolecular Hbond substituents is 3. The molecule has 0 heterocycles. The van der Waals surface area contributed by atoms with Crippen LogP contribution < -0.4 is 14.2 Å². The Morgan fingerprint density at radius 3 is 1.24 bits per heavy atom. The van der Waals surface area contributed by atoms with Gasteiger partial charge in [0.1, 0.15) is 54.7 Å². The van der Waals surface area contributed by atoms with E-state index in [1.54, 1.807) is 99.1 Å². The van der Waals surface area contributed by atoms with Crippen LogP contribution in [0.3, 0.4) is 0 Å². The van der Waals surface area contributed by atoms with Crippen molar-refractivity contribution in [1.29, 1.82) is 0 Å². The maximum absolute atomic E-state index is 12.3. The Balaban J connectivity index is 0.000000380. The number of Topliss-reactive ketones (excluding diaryl/α,β-unsaturated/α-hetero) is 1. The molecule has 0 bridgehead atoms. The first kappa shape index (κ1) is 76.7. The van der Waals surface area contributed by atoms with Crippen LogP contribution in [0.4, 0.5) is 0 Å². The number of benzene rings is 9. The third-order valence-corrected chi connectivity index (χ3v) is 11.8. The Kier molecular flexibility index (Phi) is 38.7. The Labute approximate surface area is 547 Å². The minimum atomic E-state index is -0.752. The first-order valence-electron chi connectivity index (χ1n) is 27.6. The molecule has 17 heteroatoms. The number of hydrogen-bond donors (Lipinski definition) is 4. The van der Waals surface area contributed by atoms with E-state index in [0.29, 0.717) is 47.2 Å². The van der Waals surface area contributed by atoms with Crippen LogP contribution in [0.1, 0.15) is 72.7 Å². The van der Waals surface area contributed by atoms with E-state index in [4.69, 9.17) is 33.2 Å². The van der Waals surface area contributed by atoms with Crippen molar-refractivity contribution in [2.75, 3.05) is 62.0 Å². The molecule has 467 valence electrons. The van der Waals surface area contributed by atoms with Gasteiger partial charge in [-0.1, -0.05) is 178 Å². The minimum absolute atomic E-state index is 0. The molecule has 4 N–H and O–H groups in total. The fraction of sp³-hybridized carbons (Fsp3) is 0.194. The summed E-state index contributed by atoms with van der Waals surface area (Å²) in [6, 6.07) is 64.2. The zero-order valence-corrected chi connectivity index (χ0v) is 54.1. The largest absolute Gasteiger partial charge is 0.665 e. The van der Waals surface area contributed by atoms with Gasteiger partial charge in [-0.25, -0.2) is 7.11 Å². The molecular formula is C72H78O16Y-2. The molecule has 0 aliphatic rings. The Bertz CT molecular complexity index is 3430. The number of rotatable bonds is 21. The number of hydrogen-bond acceptors (Lipinski definition) is 16. The van der Waals surface area contributed by atoms with Gasteiger partial charge in [0.15, 0.2) is 23.1 Å². The molecule has 9 rings (SSSR count). The molecule has 0 saturated carbocycles. The van der Waals surface area contributed by atoms with Gasteiger partial charge in [0.25, 0.3) is 0 Å². The fourth-order valence-corrected chi connectivity index (χ4v) is 7.73. The molecule has 1 radical (unpaired) electrons. The number of aliphatic hydroxyl groups is 1. The summed E-state index contributed by atoms with van der Waals surface area (Å²) < 4.78 is 38.8. The summed E-state index contributed by atoms with van der Waals surface area (Å²) in [6.45, 7) is 5.41. The van der Waals surface area contributed by atoms with Crippen LogP contribution in [-0.4, -0.2) is 112 Å². The molecule has 0 aliphatic carbocycles. The van der Waals surface area contributed by atoms with Gasteiger partial charge in [-0.3, -0.25) is 19.2 Å². The number of carbonyl (C=O) groups excluding carboxylic acids is 4. The average molecular weight is 1290 g/mol. The van der Waals surface area contributed by atoms with Crippen LogP contribution in [0.15, 0.2) is 218 Å². The van der Waals surface area contributed by atoms with Crippen molar-refractivity contribution >= 4 is 33.9 Å². The number of methoxy groups -OCH3 is 5. The molecule has 0 amide bonds. The van der Waals surface area contributed by atoms with E-state index in [2.05, 4.69) is 61.4 Å². The van der Waals surface area contributed by atoms with Crippen LogP contribution in [0, 0.1) is 14.2 Å². The average Bonchev–Trinajstić information content (AvgIpc) is 2.38. The molecule has 1 unspecified atom stereocenters. The predicted molar refractivity (Wildman–Crippen MR) is 341 cm³/mol. The Morgan fingerprint density at radius 1 is 0.427 bits per heavy atom. The first-order chi connectivity index (χ1) is 42.7. The molecule has 0 spiro atoms. The summed E-state index contributed by atoms with van der Waals surface area (Å²) in [4.78, 5) is 47.9. The van der Waals surface area contributed by atoms with Crippen molar-refractivity contribution in [3.05, 3.63) is 277 Å². The second-order valence-electron chi connectivity index (χ2n) is 18.2. The first-order valence-corrected chi connectivity index (χ1v) is 27.6. The molecule has 0 aliphatic heterocycles. The van der Waals surface area contributed by atoms with E-state index in [9.17, 15) is 39.6 Å². The van der Waals surface area contributed by atoms with Crippen molar-refractivity contribution in [2.45, 2.75) is 33.2 Å². The molecule has 0 saturated heterocycles. The maximum Gasteiger partial charge on any atom is 0.196 e. The maximum atomic E-state index is 12.3. The number of aliphatic hydroxyl groups excluding tert-OH is 1. The van der Waals surface area contributed by atoms with Crippen molar-refractivity contribution in [1.82, 2.24) is 0 Å². The quantitative estimate of drug-likeness (QED) is 0.0388.